The molecule has 3 N–H and O–H groups in total. The van der Waals surface area contributed by atoms with E-state index in [2.05, 4.69) is 27.9 Å². The Morgan fingerprint density at radius 3 is 2.88 bits per heavy atom. The van der Waals surface area contributed by atoms with Crippen molar-refractivity contribution in [2.45, 2.75) is 13.0 Å². The Labute approximate surface area is 108 Å². The Kier molecular flexibility index (Phi) is 5.17. The van der Waals surface area contributed by atoms with E-state index < -0.39 is 6.10 Å². The maximum absolute atomic E-state index is 11.7. The van der Waals surface area contributed by atoms with Gasteiger partial charge in [-0.1, -0.05) is 12.1 Å². The number of aryl methyl sites for hydroxylation is 1. The highest BCUT2D eigenvalue weighted by molar-refractivity contribution is 14.1. The van der Waals surface area contributed by atoms with Crippen LogP contribution in [-0.2, 0) is 0 Å². The first kappa shape index (κ1) is 13.4. The molecular weight excluding hydrogens is 321 g/mol. The van der Waals surface area contributed by atoms with Crippen LogP contribution < -0.4 is 5.32 Å². The van der Waals surface area contributed by atoms with Gasteiger partial charge in [-0.05, 0) is 41.1 Å². The van der Waals surface area contributed by atoms with Gasteiger partial charge in [-0.25, -0.2) is 0 Å². The molecular formula is C11H14INO3. The molecule has 1 aromatic carbocycles. The first-order chi connectivity index (χ1) is 7.56. The summed E-state index contributed by atoms with van der Waals surface area (Å²) in [5.74, 6) is -0.236. The lowest BCUT2D eigenvalue weighted by molar-refractivity contribution is 0.0801. The Morgan fingerprint density at radius 1 is 1.56 bits per heavy atom. The number of hydrogen-bond acceptors (Lipinski definition) is 3. The lowest BCUT2D eigenvalue weighted by atomic mass is 10.1. The van der Waals surface area contributed by atoms with E-state index in [9.17, 15) is 4.79 Å². The Morgan fingerprint density at radius 2 is 2.25 bits per heavy atom. The Bertz CT molecular complexity index is 381. The summed E-state index contributed by atoms with van der Waals surface area (Å²) in [5.41, 5.74) is 1.63. The van der Waals surface area contributed by atoms with Gasteiger partial charge < -0.3 is 15.5 Å². The minimum Gasteiger partial charge on any atom is -0.394 e. The van der Waals surface area contributed by atoms with Gasteiger partial charge in [-0.3, -0.25) is 4.79 Å². The minimum atomic E-state index is -0.911. The monoisotopic (exact) mass is 335 g/mol. The van der Waals surface area contributed by atoms with Crippen LogP contribution in [0.4, 0.5) is 0 Å². The van der Waals surface area contributed by atoms with Crippen molar-refractivity contribution in [2.75, 3.05) is 13.2 Å². The van der Waals surface area contributed by atoms with Crippen molar-refractivity contribution in [2.24, 2.45) is 0 Å². The maximum Gasteiger partial charge on any atom is 0.252 e. The first-order valence-corrected chi connectivity index (χ1v) is 5.96. The van der Waals surface area contributed by atoms with Crippen molar-refractivity contribution in [3.8, 4) is 0 Å². The number of halogens is 1. The summed E-state index contributed by atoms with van der Waals surface area (Å²) in [6, 6.07) is 5.48. The number of aliphatic hydroxyl groups excluding tert-OH is 2. The van der Waals surface area contributed by atoms with Crippen LogP contribution in [0.1, 0.15) is 15.9 Å². The van der Waals surface area contributed by atoms with Gasteiger partial charge in [0.05, 0.1) is 18.3 Å². The molecule has 0 aliphatic carbocycles. The number of benzene rings is 1. The van der Waals surface area contributed by atoms with E-state index >= 15 is 0 Å². The molecule has 0 aliphatic heterocycles. The molecule has 1 rings (SSSR count). The molecule has 0 bridgehead atoms. The summed E-state index contributed by atoms with van der Waals surface area (Å²) < 4.78 is 0.899. The summed E-state index contributed by atoms with van der Waals surface area (Å²) in [4.78, 5) is 11.7. The van der Waals surface area contributed by atoms with Gasteiger partial charge in [-0.2, -0.15) is 0 Å². The average Bonchev–Trinajstić information content (AvgIpc) is 2.29. The molecule has 88 valence electrons. The maximum atomic E-state index is 11.7. The summed E-state index contributed by atoms with van der Waals surface area (Å²) in [7, 11) is 0. The Balaban J connectivity index is 2.70. The van der Waals surface area contributed by atoms with Gasteiger partial charge in [0, 0.05) is 10.1 Å². The highest BCUT2D eigenvalue weighted by Crippen LogP contribution is 2.16. The smallest absolute Gasteiger partial charge is 0.252 e. The molecule has 0 heterocycles. The molecule has 0 radical (unpaired) electrons. The molecule has 1 aromatic rings. The third kappa shape index (κ3) is 3.43. The molecule has 16 heavy (non-hydrogen) atoms. The SMILES string of the molecule is Cc1cccc(C(=O)NCC(O)CO)c1I. The van der Waals surface area contributed by atoms with Gasteiger partial charge in [0.1, 0.15) is 0 Å². The van der Waals surface area contributed by atoms with Crippen LogP contribution in [0, 0.1) is 10.5 Å². The second kappa shape index (κ2) is 6.17. The number of carbonyl (C=O) groups is 1. The Hall–Kier alpha value is -0.660. The number of rotatable bonds is 4. The van der Waals surface area contributed by atoms with Crippen molar-refractivity contribution < 1.29 is 15.0 Å². The predicted octanol–water partition coefficient (Wildman–Crippen LogP) is 0.683. The van der Waals surface area contributed by atoms with Crippen molar-refractivity contribution in [1.82, 2.24) is 5.32 Å². The van der Waals surface area contributed by atoms with Crippen LogP contribution in [0.15, 0.2) is 18.2 Å². The molecule has 5 heteroatoms. The van der Waals surface area contributed by atoms with Gasteiger partial charge in [0.15, 0.2) is 0 Å². The van der Waals surface area contributed by atoms with Crippen LogP contribution in [0.3, 0.4) is 0 Å². The van der Waals surface area contributed by atoms with Gasteiger partial charge in [0.2, 0.25) is 0 Å². The van der Waals surface area contributed by atoms with E-state index in [4.69, 9.17) is 10.2 Å². The van der Waals surface area contributed by atoms with Crippen LogP contribution in [0.25, 0.3) is 0 Å². The van der Waals surface area contributed by atoms with Crippen molar-refractivity contribution in [3.63, 3.8) is 0 Å². The number of nitrogens with one attached hydrogen (secondary N) is 1. The molecule has 0 aromatic heterocycles. The van der Waals surface area contributed by atoms with E-state index in [0.717, 1.165) is 9.13 Å². The topological polar surface area (TPSA) is 69.6 Å². The summed E-state index contributed by atoms with van der Waals surface area (Å²) >= 11 is 2.11. The fourth-order valence-corrected chi connectivity index (χ4v) is 1.80. The second-order valence-electron chi connectivity index (χ2n) is 3.48. The molecule has 1 amide bonds. The molecule has 1 unspecified atom stereocenters. The van der Waals surface area contributed by atoms with E-state index in [0.29, 0.717) is 5.56 Å². The molecule has 0 spiro atoms. The van der Waals surface area contributed by atoms with Crippen molar-refractivity contribution >= 4 is 28.5 Å². The zero-order chi connectivity index (χ0) is 12.1. The molecule has 0 fully saturated rings. The largest absolute Gasteiger partial charge is 0.394 e. The molecule has 0 saturated carbocycles. The minimum absolute atomic E-state index is 0.0549. The van der Waals surface area contributed by atoms with Crippen molar-refractivity contribution in [1.29, 1.82) is 0 Å². The van der Waals surface area contributed by atoms with E-state index in [1.54, 1.807) is 6.07 Å². The predicted molar refractivity (Wildman–Crippen MR) is 69.3 cm³/mol. The number of hydrogen-bond donors (Lipinski definition) is 3. The third-order valence-electron chi connectivity index (χ3n) is 2.15. The fourth-order valence-electron chi connectivity index (χ4n) is 1.19. The van der Waals surface area contributed by atoms with Crippen LogP contribution in [-0.4, -0.2) is 35.4 Å². The summed E-state index contributed by atoms with van der Waals surface area (Å²) in [5, 5.41) is 20.3. The molecule has 0 saturated heterocycles. The van der Waals surface area contributed by atoms with E-state index in [1.807, 2.05) is 19.1 Å². The second-order valence-corrected chi connectivity index (χ2v) is 4.56. The van der Waals surface area contributed by atoms with Gasteiger partial charge >= 0.3 is 0 Å². The highest BCUT2D eigenvalue weighted by Gasteiger charge is 2.12. The first-order valence-electron chi connectivity index (χ1n) is 4.88. The molecule has 4 nitrogen and oxygen atoms in total. The number of carbonyl (C=O) groups excluding carboxylic acids is 1. The van der Waals surface area contributed by atoms with Crippen LogP contribution >= 0.6 is 22.6 Å². The normalized spacial score (nSPS) is 12.2. The zero-order valence-electron chi connectivity index (χ0n) is 8.90. The quantitative estimate of drug-likeness (QED) is 0.709. The third-order valence-corrected chi connectivity index (χ3v) is 3.58. The summed E-state index contributed by atoms with van der Waals surface area (Å²) in [6.45, 7) is 1.63. The number of aliphatic hydroxyl groups is 2. The standard InChI is InChI=1S/C11H14INO3/c1-7-3-2-4-9(10(7)12)11(16)13-5-8(15)6-14/h2-4,8,14-15H,5-6H2,1H3,(H,13,16). The van der Waals surface area contributed by atoms with Crippen LogP contribution in [0.2, 0.25) is 0 Å². The summed E-state index contributed by atoms with van der Waals surface area (Å²) in [6.07, 6.45) is -0.911. The lowest BCUT2D eigenvalue weighted by Gasteiger charge is -2.10. The average molecular weight is 335 g/mol. The fraction of sp³-hybridized carbons (Fsp3) is 0.364. The molecule has 0 aliphatic rings. The molecule has 1 atom stereocenters. The van der Waals surface area contributed by atoms with Crippen molar-refractivity contribution in [3.05, 3.63) is 32.9 Å². The number of amides is 1. The van der Waals surface area contributed by atoms with Gasteiger partial charge in [0.25, 0.3) is 5.91 Å². The van der Waals surface area contributed by atoms with E-state index in [-0.39, 0.29) is 19.1 Å². The highest BCUT2D eigenvalue weighted by atomic mass is 127. The zero-order valence-corrected chi connectivity index (χ0v) is 11.1. The lowest BCUT2D eigenvalue weighted by Crippen LogP contribution is -2.34. The van der Waals surface area contributed by atoms with Gasteiger partial charge in [-0.15, -0.1) is 0 Å². The van der Waals surface area contributed by atoms with Crippen LogP contribution in [0.5, 0.6) is 0 Å². The van der Waals surface area contributed by atoms with E-state index in [1.165, 1.54) is 0 Å².